The van der Waals surface area contributed by atoms with Crippen molar-refractivity contribution in [2.24, 2.45) is 15.4 Å². The van der Waals surface area contributed by atoms with Crippen LogP contribution in [0.25, 0.3) is 0 Å². The molecule has 0 aliphatic carbocycles. The van der Waals surface area contributed by atoms with Gasteiger partial charge in [0, 0.05) is 22.3 Å². The van der Waals surface area contributed by atoms with Gasteiger partial charge < -0.3 is 5.32 Å². The highest BCUT2D eigenvalue weighted by Crippen LogP contribution is 2.28. The Morgan fingerprint density at radius 2 is 1.97 bits per heavy atom. The maximum atomic E-state index is 13.1. The van der Waals surface area contributed by atoms with Gasteiger partial charge in [-0.2, -0.15) is 0 Å². The molecule has 2 aliphatic heterocycles. The van der Waals surface area contributed by atoms with Crippen LogP contribution in [0.2, 0.25) is 0 Å². The minimum Gasteiger partial charge on any atom is -0.344 e. The van der Waals surface area contributed by atoms with E-state index in [1.807, 2.05) is 45.1 Å². The number of nitrogens with one attached hydrogen (secondary N) is 2. The van der Waals surface area contributed by atoms with E-state index >= 15 is 0 Å². The maximum Gasteiger partial charge on any atom is 0.263 e. The SMILES string of the molecule is C=C/C(=C\C=C/C)S(=O)(=O)NC1=C2C=CC(C(C)(C)C)=NC2NC(C(/C=C(/C)C#CC)=C/C)=N1. The van der Waals surface area contributed by atoms with Crippen molar-refractivity contribution in [1.29, 1.82) is 0 Å². The summed E-state index contributed by atoms with van der Waals surface area (Å²) in [6, 6.07) is 0. The summed E-state index contributed by atoms with van der Waals surface area (Å²) in [5, 5.41) is 3.36. The van der Waals surface area contributed by atoms with Crippen LogP contribution >= 0.6 is 0 Å². The molecule has 0 bridgehead atoms. The lowest BCUT2D eigenvalue weighted by Gasteiger charge is -2.31. The van der Waals surface area contributed by atoms with E-state index in [0.29, 0.717) is 11.4 Å². The molecule has 180 valence electrons. The molecule has 0 fully saturated rings. The van der Waals surface area contributed by atoms with Gasteiger partial charge in [-0.3, -0.25) is 9.71 Å². The molecule has 6 nitrogen and oxygen atoms in total. The van der Waals surface area contributed by atoms with Gasteiger partial charge in [0.2, 0.25) is 0 Å². The Bertz CT molecular complexity index is 1250. The number of hydrogen-bond donors (Lipinski definition) is 2. The molecule has 34 heavy (non-hydrogen) atoms. The summed E-state index contributed by atoms with van der Waals surface area (Å²) in [5.74, 6) is 6.63. The number of amidine groups is 1. The number of hydrogen-bond acceptors (Lipinski definition) is 5. The van der Waals surface area contributed by atoms with E-state index in [9.17, 15) is 8.42 Å². The average molecular weight is 479 g/mol. The molecule has 1 unspecified atom stereocenters. The second kappa shape index (κ2) is 11.2. The second-order valence-corrected chi connectivity index (χ2v) is 10.4. The molecule has 0 saturated carbocycles. The molecule has 0 spiro atoms. The quantitative estimate of drug-likeness (QED) is 0.396. The Morgan fingerprint density at radius 3 is 2.53 bits per heavy atom. The molecule has 2 heterocycles. The first kappa shape index (κ1) is 26.9. The monoisotopic (exact) mass is 478 g/mol. The van der Waals surface area contributed by atoms with Crippen LogP contribution in [-0.4, -0.2) is 26.1 Å². The molecule has 0 radical (unpaired) electrons. The van der Waals surface area contributed by atoms with Crippen molar-refractivity contribution in [2.45, 2.75) is 54.6 Å². The smallest absolute Gasteiger partial charge is 0.263 e. The fraction of sp³-hybridized carbons (Fsp3) is 0.333. The molecule has 2 aliphatic rings. The molecule has 0 aromatic heterocycles. The predicted octanol–water partition coefficient (Wildman–Crippen LogP) is 5.06. The van der Waals surface area contributed by atoms with E-state index in [4.69, 9.17) is 4.99 Å². The molecule has 7 heteroatoms. The van der Waals surface area contributed by atoms with E-state index in [2.05, 4.69) is 54.2 Å². The van der Waals surface area contributed by atoms with Gasteiger partial charge in [0.1, 0.15) is 17.8 Å². The third kappa shape index (κ3) is 6.58. The second-order valence-electron chi connectivity index (χ2n) is 8.76. The first-order valence-corrected chi connectivity index (χ1v) is 12.6. The normalized spacial score (nSPS) is 19.6. The van der Waals surface area contributed by atoms with E-state index in [1.54, 1.807) is 19.1 Å². The van der Waals surface area contributed by atoms with Crippen LogP contribution in [0, 0.1) is 17.3 Å². The summed E-state index contributed by atoms with van der Waals surface area (Å²) in [6.45, 7) is 17.3. The van der Waals surface area contributed by atoms with E-state index in [-0.39, 0.29) is 16.1 Å². The fourth-order valence-electron chi connectivity index (χ4n) is 3.24. The summed E-state index contributed by atoms with van der Waals surface area (Å²) in [6.07, 6.45) is 13.3. The van der Waals surface area contributed by atoms with Crippen molar-refractivity contribution in [2.75, 3.05) is 0 Å². The Labute approximate surface area is 204 Å². The van der Waals surface area contributed by atoms with E-state index in [1.165, 1.54) is 12.2 Å². The number of nitrogens with zero attached hydrogens (tertiary/aromatic N) is 2. The van der Waals surface area contributed by atoms with E-state index in [0.717, 1.165) is 16.9 Å². The van der Waals surface area contributed by atoms with Crippen LogP contribution in [0.5, 0.6) is 0 Å². The zero-order valence-corrected chi connectivity index (χ0v) is 21.8. The summed E-state index contributed by atoms with van der Waals surface area (Å²) < 4.78 is 28.9. The van der Waals surface area contributed by atoms with Crippen LogP contribution < -0.4 is 10.0 Å². The third-order valence-corrected chi connectivity index (χ3v) is 6.38. The topological polar surface area (TPSA) is 82.9 Å². The maximum absolute atomic E-state index is 13.1. The highest BCUT2D eigenvalue weighted by Gasteiger charge is 2.31. The minimum absolute atomic E-state index is 0.0458. The lowest BCUT2D eigenvalue weighted by molar-refractivity contribution is 0.575. The molecule has 2 N–H and O–H groups in total. The molecule has 0 aromatic carbocycles. The van der Waals surface area contributed by atoms with Gasteiger partial charge in [-0.05, 0) is 63.6 Å². The van der Waals surface area contributed by atoms with Gasteiger partial charge >= 0.3 is 0 Å². The number of rotatable bonds is 7. The highest BCUT2D eigenvalue weighted by molar-refractivity contribution is 7.93. The summed E-state index contributed by atoms with van der Waals surface area (Å²) >= 11 is 0. The zero-order chi connectivity index (χ0) is 25.5. The van der Waals surface area contributed by atoms with Crippen molar-refractivity contribution in [3.63, 3.8) is 0 Å². The molecule has 1 atom stereocenters. The van der Waals surface area contributed by atoms with Crippen LogP contribution in [0.4, 0.5) is 0 Å². The van der Waals surface area contributed by atoms with Gasteiger partial charge in [-0.1, -0.05) is 51.5 Å². The lowest BCUT2D eigenvalue weighted by atomic mass is 9.87. The van der Waals surface area contributed by atoms with Gasteiger partial charge in [0.15, 0.2) is 0 Å². The standard InChI is InChI=1S/C27H34N4O2S/c1-9-13-15-21(12-4)34(32,33)31-26-22-16-17-23(27(6,7)8)28-25(22)29-24(30-26)20(11-3)18-19(5)14-10-2/h9,11-13,15-18,25,31H,4H2,1-3,5-8H3,(H,29,30)/b13-9-,19-18-,20-11+,21-15+. The lowest BCUT2D eigenvalue weighted by Crippen LogP contribution is -2.44. The van der Waals surface area contributed by atoms with Crippen LogP contribution in [0.1, 0.15) is 48.5 Å². The molecule has 2 rings (SSSR count). The largest absolute Gasteiger partial charge is 0.344 e. The van der Waals surface area contributed by atoms with Crippen LogP contribution in [-0.2, 0) is 10.0 Å². The summed E-state index contributed by atoms with van der Waals surface area (Å²) in [5.41, 5.74) is 3.02. The number of allylic oxidation sites excluding steroid dienone is 7. The predicted molar refractivity (Wildman–Crippen MR) is 144 cm³/mol. The van der Waals surface area contributed by atoms with Gasteiger partial charge in [-0.25, -0.2) is 13.4 Å². The molecule has 0 saturated heterocycles. The van der Waals surface area contributed by atoms with Crippen molar-refractivity contribution >= 4 is 21.6 Å². The van der Waals surface area contributed by atoms with Gasteiger partial charge in [-0.15, -0.1) is 5.92 Å². The minimum atomic E-state index is -3.91. The molecule has 0 amide bonds. The van der Waals surface area contributed by atoms with Gasteiger partial charge in [0.05, 0.1) is 4.91 Å². The summed E-state index contributed by atoms with van der Waals surface area (Å²) in [4.78, 5) is 9.58. The van der Waals surface area contributed by atoms with E-state index < -0.39 is 16.2 Å². The fourth-order valence-corrected chi connectivity index (χ4v) is 4.25. The Kier molecular flexibility index (Phi) is 8.83. The molecule has 0 aromatic rings. The Hall–Kier alpha value is -3.37. The summed E-state index contributed by atoms with van der Waals surface area (Å²) in [7, 11) is -3.91. The molecular weight excluding hydrogens is 444 g/mol. The Morgan fingerprint density at radius 1 is 1.26 bits per heavy atom. The van der Waals surface area contributed by atoms with Gasteiger partial charge in [0.25, 0.3) is 10.0 Å². The van der Waals surface area contributed by atoms with Crippen molar-refractivity contribution < 1.29 is 8.42 Å². The highest BCUT2D eigenvalue weighted by atomic mass is 32.2. The average Bonchev–Trinajstić information content (AvgIpc) is 2.76. The Balaban J connectivity index is 2.66. The number of fused-ring (bicyclic) bond motifs is 1. The first-order valence-electron chi connectivity index (χ1n) is 11.1. The third-order valence-electron chi connectivity index (χ3n) is 5.00. The number of dihydropyridines is 1. The zero-order valence-electron chi connectivity index (χ0n) is 21.0. The van der Waals surface area contributed by atoms with Crippen LogP contribution in [0.3, 0.4) is 0 Å². The number of sulfonamides is 1. The van der Waals surface area contributed by atoms with Crippen molar-refractivity contribution in [1.82, 2.24) is 10.0 Å². The molecular formula is C27H34N4O2S. The van der Waals surface area contributed by atoms with Crippen molar-refractivity contribution in [3.8, 4) is 11.8 Å². The van der Waals surface area contributed by atoms with Crippen LogP contribution in [0.15, 0.2) is 92.6 Å². The number of aliphatic imine (C=N–C) groups is 2. The van der Waals surface area contributed by atoms with Crippen molar-refractivity contribution in [3.05, 3.63) is 82.6 Å². The first-order chi connectivity index (χ1) is 16.0.